The van der Waals surface area contributed by atoms with E-state index in [-0.39, 0.29) is 0 Å². The zero-order valence-corrected chi connectivity index (χ0v) is 11.4. The molecule has 20 heavy (non-hydrogen) atoms. The number of nitriles is 1. The highest BCUT2D eigenvalue weighted by molar-refractivity contribution is 6.33. The number of fused-ring (bicyclic) bond motifs is 1. The summed E-state index contributed by atoms with van der Waals surface area (Å²) in [5, 5.41) is 13.8. The van der Waals surface area contributed by atoms with Gasteiger partial charge in [0.25, 0.3) is 0 Å². The highest BCUT2D eigenvalue weighted by Crippen LogP contribution is 2.24. The molecular formula is C16H12ClN3. The minimum atomic E-state index is 0.562. The van der Waals surface area contributed by atoms with Gasteiger partial charge in [0.2, 0.25) is 0 Å². The Kier molecular flexibility index (Phi) is 3.32. The average molecular weight is 282 g/mol. The van der Waals surface area contributed by atoms with Crippen LogP contribution in [0.3, 0.4) is 0 Å². The lowest BCUT2D eigenvalue weighted by Crippen LogP contribution is -2.00. The molecule has 0 aliphatic rings. The maximum Gasteiger partial charge on any atom is 0.0992 e. The lowest BCUT2D eigenvalue weighted by atomic mass is 10.1. The van der Waals surface area contributed by atoms with Crippen molar-refractivity contribution in [1.29, 1.82) is 5.26 Å². The van der Waals surface area contributed by atoms with E-state index >= 15 is 0 Å². The Labute approximate surface area is 121 Å². The smallest absolute Gasteiger partial charge is 0.0992 e. The molecule has 3 rings (SSSR count). The summed E-state index contributed by atoms with van der Waals surface area (Å²) in [6, 6.07) is 15.6. The van der Waals surface area contributed by atoms with Gasteiger partial charge in [0.15, 0.2) is 0 Å². The summed E-state index contributed by atoms with van der Waals surface area (Å²) in [7, 11) is 0. The first kappa shape index (κ1) is 12.6. The SMILES string of the molecule is N#Cc1ccc(NCc2ccc3[nH]ccc3c2)c(Cl)c1. The second-order valence-electron chi connectivity index (χ2n) is 4.56. The molecule has 3 aromatic rings. The normalized spacial score (nSPS) is 10.4. The maximum atomic E-state index is 8.81. The Hall–Kier alpha value is -2.44. The molecule has 0 saturated heterocycles. The highest BCUT2D eigenvalue weighted by Gasteiger charge is 2.02. The summed E-state index contributed by atoms with van der Waals surface area (Å²) >= 11 is 6.13. The van der Waals surface area contributed by atoms with Crippen LogP contribution >= 0.6 is 11.6 Å². The predicted molar refractivity (Wildman–Crippen MR) is 81.8 cm³/mol. The van der Waals surface area contributed by atoms with Crippen LogP contribution in [0.5, 0.6) is 0 Å². The topological polar surface area (TPSA) is 51.6 Å². The third-order valence-electron chi connectivity index (χ3n) is 3.20. The number of hydrogen-bond acceptors (Lipinski definition) is 2. The van der Waals surface area contributed by atoms with Crippen LogP contribution in [0.1, 0.15) is 11.1 Å². The number of H-pyrrole nitrogens is 1. The molecule has 0 bridgehead atoms. The van der Waals surface area contributed by atoms with Crippen LogP contribution in [0, 0.1) is 11.3 Å². The number of aromatic amines is 1. The molecular weight excluding hydrogens is 270 g/mol. The van der Waals surface area contributed by atoms with E-state index in [2.05, 4.69) is 34.6 Å². The first-order valence-electron chi connectivity index (χ1n) is 6.26. The molecule has 2 N–H and O–H groups in total. The number of hydrogen-bond donors (Lipinski definition) is 2. The fourth-order valence-electron chi connectivity index (χ4n) is 2.14. The third-order valence-corrected chi connectivity index (χ3v) is 3.51. The van der Waals surface area contributed by atoms with Crippen LogP contribution in [-0.2, 0) is 6.54 Å². The fraction of sp³-hybridized carbons (Fsp3) is 0.0625. The van der Waals surface area contributed by atoms with E-state index in [1.165, 1.54) is 10.9 Å². The van der Waals surface area contributed by atoms with Gasteiger partial charge in [0.05, 0.1) is 22.3 Å². The molecule has 1 aromatic heterocycles. The molecule has 1 heterocycles. The second kappa shape index (κ2) is 5.28. The molecule has 0 amide bonds. The summed E-state index contributed by atoms with van der Waals surface area (Å²) in [5.41, 5.74) is 3.71. The van der Waals surface area contributed by atoms with Crippen molar-refractivity contribution in [2.75, 3.05) is 5.32 Å². The molecule has 3 nitrogen and oxygen atoms in total. The van der Waals surface area contributed by atoms with Gasteiger partial charge < -0.3 is 10.3 Å². The van der Waals surface area contributed by atoms with Gasteiger partial charge in [0.1, 0.15) is 0 Å². The number of benzene rings is 2. The molecule has 0 spiro atoms. The van der Waals surface area contributed by atoms with Gasteiger partial charge in [0, 0.05) is 18.3 Å². The van der Waals surface area contributed by atoms with Crippen molar-refractivity contribution in [1.82, 2.24) is 4.98 Å². The molecule has 4 heteroatoms. The number of rotatable bonds is 3. The highest BCUT2D eigenvalue weighted by atomic mass is 35.5. The van der Waals surface area contributed by atoms with Crippen molar-refractivity contribution in [2.45, 2.75) is 6.54 Å². The minimum Gasteiger partial charge on any atom is -0.380 e. The summed E-state index contributed by atoms with van der Waals surface area (Å²) < 4.78 is 0. The van der Waals surface area contributed by atoms with Crippen LogP contribution in [0.2, 0.25) is 5.02 Å². The zero-order valence-electron chi connectivity index (χ0n) is 10.7. The number of anilines is 1. The summed E-state index contributed by atoms with van der Waals surface area (Å²) in [4.78, 5) is 3.17. The first-order valence-corrected chi connectivity index (χ1v) is 6.63. The van der Waals surface area contributed by atoms with Crippen LogP contribution < -0.4 is 5.32 Å². The van der Waals surface area contributed by atoms with Crippen LogP contribution in [-0.4, -0.2) is 4.98 Å². The van der Waals surface area contributed by atoms with Crippen molar-refractivity contribution in [3.63, 3.8) is 0 Å². The van der Waals surface area contributed by atoms with Crippen LogP contribution in [0.25, 0.3) is 10.9 Å². The predicted octanol–water partition coefficient (Wildman–Crippen LogP) is 4.31. The number of halogens is 1. The van der Waals surface area contributed by atoms with E-state index < -0.39 is 0 Å². The number of aromatic nitrogens is 1. The van der Waals surface area contributed by atoms with Gasteiger partial charge in [-0.25, -0.2) is 0 Å². The molecule has 98 valence electrons. The first-order chi connectivity index (χ1) is 9.76. The van der Waals surface area contributed by atoms with E-state index in [1.54, 1.807) is 12.1 Å². The minimum absolute atomic E-state index is 0.562. The van der Waals surface area contributed by atoms with E-state index in [0.29, 0.717) is 17.1 Å². The lowest BCUT2D eigenvalue weighted by Gasteiger charge is -2.09. The maximum absolute atomic E-state index is 8.81. The Balaban J connectivity index is 1.77. The Bertz CT molecular complexity index is 799. The van der Waals surface area contributed by atoms with Crippen LogP contribution in [0.15, 0.2) is 48.7 Å². The number of nitrogens with one attached hydrogen (secondary N) is 2. The van der Waals surface area contributed by atoms with Crippen molar-refractivity contribution in [3.8, 4) is 6.07 Å². The zero-order chi connectivity index (χ0) is 13.9. The van der Waals surface area contributed by atoms with Crippen molar-refractivity contribution in [3.05, 3.63) is 64.8 Å². The van der Waals surface area contributed by atoms with Crippen molar-refractivity contribution >= 4 is 28.2 Å². The van der Waals surface area contributed by atoms with Crippen molar-refractivity contribution in [2.24, 2.45) is 0 Å². The van der Waals surface area contributed by atoms with Gasteiger partial charge in [-0.1, -0.05) is 17.7 Å². The average Bonchev–Trinajstić information content (AvgIpc) is 2.93. The quantitative estimate of drug-likeness (QED) is 0.752. The molecule has 2 aromatic carbocycles. The molecule has 0 atom stereocenters. The standard InChI is InChI=1S/C16H12ClN3/c17-14-8-11(9-18)1-4-16(14)20-10-12-2-3-15-13(7-12)5-6-19-15/h1-8,19-20H,10H2. The van der Waals surface area contributed by atoms with E-state index in [4.69, 9.17) is 16.9 Å². The van der Waals surface area contributed by atoms with Gasteiger partial charge >= 0.3 is 0 Å². The van der Waals surface area contributed by atoms with Gasteiger partial charge in [-0.15, -0.1) is 0 Å². The van der Waals surface area contributed by atoms with E-state index in [1.807, 2.05) is 18.3 Å². The fourth-order valence-corrected chi connectivity index (χ4v) is 2.39. The largest absolute Gasteiger partial charge is 0.380 e. The molecule has 0 aliphatic carbocycles. The number of nitrogens with zero attached hydrogens (tertiary/aromatic N) is 1. The van der Waals surface area contributed by atoms with E-state index in [9.17, 15) is 0 Å². The van der Waals surface area contributed by atoms with Crippen molar-refractivity contribution < 1.29 is 0 Å². The molecule has 0 fully saturated rings. The molecule has 0 unspecified atom stereocenters. The van der Waals surface area contributed by atoms with E-state index in [0.717, 1.165) is 11.2 Å². The molecule has 0 aliphatic heterocycles. The summed E-state index contributed by atoms with van der Waals surface area (Å²) in [6.07, 6.45) is 1.93. The van der Waals surface area contributed by atoms with Gasteiger partial charge in [-0.05, 0) is 47.3 Å². The van der Waals surface area contributed by atoms with Crippen LogP contribution in [0.4, 0.5) is 5.69 Å². The molecule has 0 radical (unpaired) electrons. The second-order valence-corrected chi connectivity index (χ2v) is 4.97. The Morgan fingerprint density at radius 1 is 1.15 bits per heavy atom. The molecule has 0 saturated carbocycles. The summed E-state index contributed by atoms with van der Waals surface area (Å²) in [6.45, 7) is 0.687. The van der Waals surface area contributed by atoms with Gasteiger partial charge in [-0.3, -0.25) is 0 Å². The lowest BCUT2D eigenvalue weighted by molar-refractivity contribution is 1.15. The van der Waals surface area contributed by atoms with Gasteiger partial charge in [-0.2, -0.15) is 5.26 Å². The Morgan fingerprint density at radius 3 is 2.85 bits per heavy atom. The Morgan fingerprint density at radius 2 is 2.05 bits per heavy atom. The summed E-state index contributed by atoms with van der Waals surface area (Å²) in [5.74, 6) is 0. The third kappa shape index (κ3) is 2.47. The monoisotopic (exact) mass is 281 g/mol.